The van der Waals surface area contributed by atoms with Crippen LogP contribution in [-0.4, -0.2) is 54.8 Å². The number of carbonyl (C=O) groups excluding carboxylic acids is 5. The molecule has 1 fully saturated rings. The predicted molar refractivity (Wildman–Crippen MR) is 174 cm³/mol. The molecule has 0 aromatic heterocycles. The van der Waals surface area contributed by atoms with Crippen LogP contribution in [-0.2, 0) is 36.3 Å². The summed E-state index contributed by atoms with van der Waals surface area (Å²) in [6.45, 7) is 2.12. The second kappa shape index (κ2) is 16.5. The molecule has 1 heterocycles. The molecule has 1 aliphatic rings. The zero-order chi connectivity index (χ0) is 34.8. The number of carbonyl (C=O) groups is 5. The maximum absolute atomic E-state index is 16.0. The second-order valence-corrected chi connectivity index (χ2v) is 12.0. The number of hydrogen-bond donors (Lipinski definition) is 4. The van der Waals surface area contributed by atoms with Gasteiger partial charge in [0.1, 0.15) is 6.04 Å². The fourth-order valence-electron chi connectivity index (χ4n) is 5.24. The molecule has 3 aromatic carbocycles. The Morgan fingerprint density at radius 2 is 1.65 bits per heavy atom. The van der Waals surface area contributed by atoms with Gasteiger partial charge in [-0.05, 0) is 55.2 Å². The summed E-state index contributed by atoms with van der Waals surface area (Å²) in [4.78, 5) is 65.0. The van der Waals surface area contributed by atoms with E-state index >= 15 is 8.78 Å². The topological polar surface area (TPSA) is 143 Å². The highest BCUT2D eigenvalue weighted by molar-refractivity contribution is 6.38. The van der Waals surface area contributed by atoms with Crippen LogP contribution in [0.15, 0.2) is 78.9 Å². The number of hydrogen-bond acceptors (Lipinski definition) is 6. The molecule has 10 nitrogen and oxygen atoms in total. The third kappa shape index (κ3) is 9.51. The summed E-state index contributed by atoms with van der Waals surface area (Å²) in [5.74, 6) is -7.60. The number of alkyl carbamates (subject to hydrolysis) is 1. The average Bonchev–Trinajstić information content (AvgIpc) is 3.47. The van der Waals surface area contributed by atoms with Crippen LogP contribution in [0.5, 0.6) is 0 Å². The summed E-state index contributed by atoms with van der Waals surface area (Å²) < 4.78 is 37.3. The number of nitrogens with one attached hydrogen (secondary N) is 4. The van der Waals surface area contributed by atoms with Crippen molar-refractivity contribution in [1.29, 1.82) is 0 Å². The molecule has 0 radical (unpaired) electrons. The van der Waals surface area contributed by atoms with Gasteiger partial charge in [-0.25, -0.2) is 4.79 Å². The number of alkyl halides is 2. The Labute approximate surface area is 285 Å². The number of ether oxygens (including phenoxy) is 1. The number of rotatable bonds is 14. The molecule has 1 saturated heterocycles. The van der Waals surface area contributed by atoms with E-state index in [2.05, 4.69) is 21.3 Å². The van der Waals surface area contributed by atoms with Crippen molar-refractivity contribution in [2.24, 2.45) is 5.92 Å². The van der Waals surface area contributed by atoms with Crippen LogP contribution in [0.3, 0.4) is 0 Å². The van der Waals surface area contributed by atoms with Gasteiger partial charge in [0.2, 0.25) is 17.6 Å². The maximum atomic E-state index is 16.0. The summed E-state index contributed by atoms with van der Waals surface area (Å²) in [7, 11) is 0. The lowest BCUT2D eigenvalue weighted by molar-refractivity contribution is -0.140. The van der Waals surface area contributed by atoms with Gasteiger partial charge in [0.25, 0.3) is 5.91 Å². The van der Waals surface area contributed by atoms with Crippen LogP contribution >= 0.6 is 23.2 Å². The van der Waals surface area contributed by atoms with E-state index in [9.17, 15) is 24.0 Å². The zero-order valence-corrected chi connectivity index (χ0v) is 27.3. The molecule has 4 amide bonds. The van der Waals surface area contributed by atoms with Crippen LogP contribution < -0.4 is 21.3 Å². The van der Waals surface area contributed by atoms with Gasteiger partial charge in [0, 0.05) is 41.0 Å². The number of ketones is 1. The number of amides is 4. The van der Waals surface area contributed by atoms with Crippen molar-refractivity contribution in [3.63, 3.8) is 0 Å². The molecular formula is C34H34Cl2F2N4O6. The Morgan fingerprint density at radius 3 is 2.27 bits per heavy atom. The Kier molecular flexibility index (Phi) is 12.5. The van der Waals surface area contributed by atoms with Gasteiger partial charge in [-0.1, -0.05) is 77.8 Å². The largest absolute Gasteiger partial charge is 0.434 e. The van der Waals surface area contributed by atoms with E-state index in [-0.39, 0.29) is 35.9 Å². The van der Waals surface area contributed by atoms with E-state index in [4.69, 9.17) is 27.9 Å². The van der Waals surface area contributed by atoms with Gasteiger partial charge in [0.15, 0.2) is 6.10 Å². The first-order valence-corrected chi connectivity index (χ1v) is 15.9. The third-order valence-corrected chi connectivity index (χ3v) is 8.19. The predicted octanol–water partition coefficient (Wildman–Crippen LogP) is 4.88. The molecule has 254 valence electrons. The van der Waals surface area contributed by atoms with Crippen LogP contribution in [0.4, 0.5) is 13.6 Å². The number of Topliss-reactive ketones (excluding diaryl/α,β-unsaturated/α-hetero) is 1. The fraction of sp³-hybridized carbons (Fsp3) is 0.324. The monoisotopic (exact) mass is 702 g/mol. The molecule has 0 saturated carbocycles. The Bertz CT molecular complexity index is 1630. The van der Waals surface area contributed by atoms with Crippen molar-refractivity contribution in [3.05, 3.63) is 106 Å². The maximum Gasteiger partial charge on any atom is 0.408 e. The Morgan fingerprint density at radius 1 is 0.938 bits per heavy atom. The lowest BCUT2D eigenvalue weighted by Gasteiger charge is -2.29. The van der Waals surface area contributed by atoms with Crippen molar-refractivity contribution in [1.82, 2.24) is 21.3 Å². The quantitative estimate of drug-likeness (QED) is 0.177. The fourth-order valence-corrected chi connectivity index (χ4v) is 5.56. The van der Waals surface area contributed by atoms with Gasteiger partial charge >= 0.3 is 12.0 Å². The summed E-state index contributed by atoms with van der Waals surface area (Å²) in [5, 5.41) is 10.4. The third-order valence-electron chi connectivity index (χ3n) is 7.70. The van der Waals surface area contributed by atoms with Crippen molar-refractivity contribution < 1.29 is 37.5 Å². The lowest BCUT2D eigenvalue weighted by Crippen LogP contribution is -2.55. The van der Waals surface area contributed by atoms with E-state index in [0.717, 1.165) is 12.1 Å². The van der Waals surface area contributed by atoms with Crippen molar-refractivity contribution >= 4 is 52.8 Å². The standard InChI is InChI=1S/C34H34Cl2F2N4O6/c1-2-39-32(46)28(43)26(18-22-15-16-40-30(22)44)41-31(45)27(17-20-11-13-24(35)14-12-20)42-33(47)48-29(21-7-4-3-5-8-21)34(37,38)23-9-6-10-25(36)19-23/h3-14,19,22,26-27,29H,2,15-18H2,1H3,(H,39,46)(H,40,44)(H,41,45)(H,42,47)/t22-,26-,27-,29?/m0/s1. The van der Waals surface area contributed by atoms with E-state index in [0.29, 0.717) is 23.6 Å². The molecule has 0 aliphatic carbocycles. The molecule has 4 N–H and O–H groups in total. The van der Waals surface area contributed by atoms with E-state index < -0.39 is 59.3 Å². The molecule has 0 spiro atoms. The van der Waals surface area contributed by atoms with Crippen LogP contribution in [0.25, 0.3) is 0 Å². The van der Waals surface area contributed by atoms with E-state index in [1.165, 1.54) is 36.4 Å². The van der Waals surface area contributed by atoms with Gasteiger partial charge in [-0.15, -0.1) is 0 Å². The molecule has 4 atom stereocenters. The number of likely N-dealkylation sites (N-methyl/N-ethyl adjacent to an activating group) is 1. The molecule has 48 heavy (non-hydrogen) atoms. The Hall–Kier alpha value is -4.55. The van der Waals surface area contributed by atoms with Gasteiger partial charge < -0.3 is 26.0 Å². The normalized spacial score (nSPS) is 16.2. The van der Waals surface area contributed by atoms with Crippen molar-refractivity contribution in [2.45, 2.75) is 50.3 Å². The minimum Gasteiger partial charge on any atom is -0.434 e. The molecule has 1 aliphatic heterocycles. The van der Waals surface area contributed by atoms with E-state index in [1.54, 1.807) is 37.3 Å². The summed E-state index contributed by atoms with van der Waals surface area (Å²) in [6, 6.07) is 15.7. The second-order valence-electron chi connectivity index (χ2n) is 11.2. The zero-order valence-electron chi connectivity index (χ0n) is 25.8. The molecule has 4 rings (SSSR count). The molecule has 1 unspecified atom stereocenters. The first-order valence-electron chi connectivity index (χ1n) is 15.2. The van der Waals surface area contributed by atoms with Crippen molar-refractivity contribution in [3.8, 4) is 0 Å². The van der Waals surface area contributed by atoms with Gasteiger partial charge in [0.05, 0.1) is 6.04 Å². The van der Waals surface area contributed by atoms with E-state index in [1.807, 2.05) is 0 Å². The summed E-state index contributed by atoms with van der Waals surface area (Å²) in [5.41, 5.74) is -0.0148. The number of halogens is 4. The smallest absolute Gasteiger partial charge is 0.408 e. The summed E-state index contributed by atoms with van der Waals surface area (Å²) >= 11 is 12.0. The molecule has 0 bridgehead atoms. The average molecular weight is 704 g/mol. The van der Waals surface area contributed by atoms with Crippen molar-refractivity contribution in [2.75, 3.05) is 13.1 Å². The minimum atomic E-state index is -3.76. The van der Waals surface area contributed by atoms with Crippen LogP contribution in [0, 0.1) is 5.92 Å². The SMILES string of the molecule is CCNC(=O)C(=O)[C@H](C[C@@H]1CCNC1=O)NC(=O)[C@H](Cc1ccc(Cl)cc1)NC(=O)OC(c1ccccc1)C(F)(F)c1cccc(Cl)c1. The highest BCUT2D eigenvalue weighted by Crippen LogP contribution is 2.43. The summed E-state index contributed by atoms with van der Waals surface area (Å²) in [6.07, 6.45) is -3.46. The van der Waals surface area contributed by atoms with Gasteiger partial charge in [-0.2, -0.15) is 8.78 Å². The van der Waals surface area contributed by atoms with Crippen LogP contribution in [0.1, 0.15) is 42.6 Å². The highest BCUT2D eigenvalue weighted by atomic mass is 35.5. The Balaban J connectivity index is 1.62. The van der Waals surface area contributed by atoms with Crippen LogP contribution in [0.2, 0.25) is 10.0 Å². The minimum absolute atomic E-state index is 0.0289. The first kappa shape index (κ1) is 36.3. The molecule has 3 aromatic rings. The lowest BCUT2D eigenvalue weighted by atomic mass is 9.94. The number of benzene rings is 3. The van der Waals surface area contributed by atoms with Gasteiger partial charge in [-0.3, -0.25) is 19.2 Å². The highest BCUT2D eigenvalue weighted by Gasteiger charge is 2.46. The first-order chi connectivity index (χ1) is 22.9. The molecular weight excluding hydrogens is 669 g/mol. The molecule has 14 heteroatoms.